The van der Waals surface area contributed by atoms with Gasteiger partial charge in [-0.25, -0.2) is 4.79 Å². The molecular weight excluding hydrogens is 312 g/mol. The van der Waals surface area contributed by atoms with Crippen molar-refractivity contribution >= 4 is 27.9 Å². The summed E-state index contributed by atoms with van der Waals surface area (Å²) in [6.07, 6.45) is -0.338. The number of rotatable bonds is 1. The van der Waals surface area contributed by atoms with Gasteiger partial charge < -0.3 is 14.5 Å². The minimum atomic E-state index is -0.338. The number of benzene rings is 1. The summed E-state index contributed by atoms with van der Waals surface area (Å²) in [5, 5.41) is 0. The average molecular weight is 327 g/mol. The molecule has 0 atom stereocenters. The first-order valence-electron chi connectivity index (χ1n) is 5.99. The first kappa shape index (κ1) is 13.9. The van der Waals surface area contributed by atoms with Gasteiger partial charge in [-0.3, -0.25) is 4.79 Å². The minimum absolute atomic E-state index is 0.00850. The van der Waals surface area contributed by atoms with Gasteiger partial charge in [0.2, 0.25) is 0 Å². The lowest BCUT2D eigenvalue weighted by Crippen LogP contribution is -2.50. The van der Waals surface area contributed by atoms with Gasteiger partial charge in [-0.05, 0) is 18.2 Å². The Balaban J connectivity index is 1.98. The predicted molar refractivity (Wildman–Crippen MR) is 74.0 cm³/mol. The number of carbonyl (C=O) groups excluding carboxylic acids is 2. The van der Waals surface area contributed by atoms with Gasteiger partial charge in [0.25, 0.3) is 5.91 Å². The van der Waals surface area contributed by atoms with Crippen LogP contribution in [0.1, 0.15) is 10.4 Å². The Bertz CT molecular complexity index is 485. The number of amides is 2. The Labute approximate surface area is 120 Å². The largest absolute Gasteiger partial charge is 0.453 e. The van der Waals surface area contributed by atoms with E-state index in [0.29, 0.717) is 31.7 Å². The van der Waals surface area contributed by atoms with Crippen molar-refractivity contribution in [2.24, 2.45) is 0 Å². The van der Waals surface area contributed by atoms with E-state index in [4.69, 9.17) is 0 Å². The highest BCUT2D eigenvalue weighted by atomic mass is 79.9. The molecule has 0 radical (unpaired) electrons. The summed E-state index contributed by atoms with van der Waals surface area (Å²) in [4.78, 5) is 27.0. The maximum Gasteiger partial charge on any atom is 0.409 e. The molecule has 19 heavy (non-hydrogen) atoms. The van der Waals surface area contributed by atoms with E-state index in [2.05, 4.69) is 20.7 Å². The number of nitrogens with zero attached hydrogens (tertiary/aromatic N) is 2. The fourth-order valence-electron chi connectivity index (χ4n) is 2.03. The van der Waals surface area contributed by atoms with E-state index in [-0.39, 0.29) is 12.0 Å². The first-order chi connectivity index (χ1) is 9.11. The van der Waals surface area contributed by atoms with Crippen LogP contribution >= 0.6 is 15.9 Å². The monoisotopic (exact) mass is 326 g/mol. The van der Waals surface area contributed by atoms with Crippen molar-refractivity contribution < 1.29 is 14.3 Å². The summed E-state index contributed by atoms with van der Waals surface area (Å²) in [7, 11) is 1.36. The fourth-order valence-corrected chi connectivity index (χ4v) is 2.42. The second kappa shape index (κ2) is 6.06. The quantitative estimate of drug-likeness (QED) is 0.792. The molecule has 5 nitrogen and oxygen atoms in total. The molecule has 2 amide bonds. The van der Waals surface area contributed by atoms with Crippen molar-refractivity contribution in [3.63, 3.8) is 0 Å². The van der Waals surface area contributed by atoms with Gasteiger partial charge in [-0.1, -0.05) is 22.0 Å². The van der Waals surface area contributed by atoms with Gasteiger partial charge in [-0.2, -0.15) is 0 Å². The normalized spacial score (nSPS) is 15.3. The number of piperazine rings is 1. The highest BCUT2D eigenvalue weighted by Crippen LogP contribution is 2.14. The molecule has 6 heteroatoms. The number of halogens is 1. The summed E-state index contributed by atoms with van der Waals surface area (Å²) >= 11 is 3.35. The molecule has 102 valence electrons. The van der Waals surface area contributed by atoms with E-state index in [1.807, 2.05) is 12.1 Å². The van der Waals surface area contributed by atoms with Gasteiger partial charge in [0.05, 0.1) is 7.11 Å². The number of ether oxygens (including phenoxy) is 1. The molecule has 1 aliphatic heterocycles. The Hall–Kier alpha value is -1.56. The zero-order valence-corrected chi connectivity index (χ0v) is 12.2. The van der Waals surface area contributed by atoms with Crippen molar-refractivity contribution in [1.29, 1.82) is 0 Å². The first-order valence-corrected chi connectivity index (χ1v) is 6.79. The molecule has 0 bridgehead atoms. The van der Waals surface area contributed by atoms with Crippen LogP contribution in [0.25, 0.3) is 0 Å². The zero-order chi connectivity index (χ0) is 13.8. The molecular formula is C13H15BrN2O3. The van der Waals surface area contributed by atoms with Crippen LogP contribution in [-0.2, 0) is 4.74 Å². The van der Waals surface area contributed by atoms with Crippen molar-refractivity contribution in [3.05, 3.63) is 34.3 Å². The van der Waals surface area contributed by atoms with E-state index < -0.39 is 0 Å². The average Bonchev–Trinajstić information content (AvgIpc) is 2.46. The minimum Gasteiger partial charge on any atom is -0.453 e. The standard InChI is InChI=1S/C13H15BrN2O3/c1-19-13(18)16-7-5-15(6-8-16)12(17)10-3-2-4-11(14)9-10/h2-4,9H,5-8H2,1H3. The third-order valence-corrected chi connectivity index (χ3v) is 3.56. The number of methoxy groups -OCH3 is 1. The smallest absolute Gasteiger partial charge is 0.409 e. The molecule has 1 fully saturated rings. The summed E-state index contributed by atoms with van der Waals surface area (Å²) in [5.74, 6) is -0.00850. The fraction of sp³-hybridized carbons (Fsp3) is 0.385. The highest BCUT2D eigenvalue weighted by molar-refractivity contribution is 9.10. The molecule has 1 aromatic rings. The molecule has 0 saturated carbocycles. The maximum atomic E-state index is 12.3. The number of hydrogen-bond acceptors (Lipinski definition) is 3. The van der Waals surface area contributed by atoms with Crippen molar-refractivity contribution in [3.8, 4) is 0 Å². The summed E-state index contributed by atoms with van der Waals surface area (Å²) in [6.45, 7) is 2.07. The molecule has 1 aromatic carbocycles. The molecule has 2 rings (SSSR count). The molecule has 0 unspecified atom stereocenters. The molecule has 0 aromatic heterocycles. The lowest BCUT2D eigenvalue weighted by molar-refractivity contribution is 0.0599. The van der Waals surface area contributed by atoms with E-state index in [1.54, 1.807) is 21.9 Å². The Kier molecular flexibility index (Phi) is 4.42. The van der Waals surface area contributed by atoms with Crippen LogP contribution in [0.3, 0.4) is 0 Å². The molecule has 0 aliphatic carbocycles. The lowest BCUT2D eigenvalue weighted by Gasteiger charge is -2.33. The van der Waals surface area contributed by atoms with E-state index >= 15 is 0 Å². The molecule has 1 saturated heterocycles. The van der Waals surface area contributed by atoms with E-state index in [9.17, 15) is 9.59 Å². The SMILES string of the molecule is COC(=O)N1CCN(C(=O)c2cccc(Br)c2)CC1. The van der Waals surface area contributed by atoms with Gasteiger partial charge in [-0.15, -0.1) is 0 Å². The van der Waals surface area contributed by atoms with Crippen molar-refractivity contribution in [1.82, 2.24) is 9.80 Å². The van der Waals surface area contributed by atoms with Gasteiger partial charge in [0, 0.05) is 36.2 Å². The molecule has 0 N–H and O–H groups in total. The van der Waals surface area contributed by atoms with E-state index in [0.717, 1.165) is 4.47 Å². The van der Waals surface area contributed by atoms with Gasteiger partial charge in [0.1, 0.15) is 0 Å². The Morgan fingerprint density at radius 3 is 2.37 bits per heavy atom. The van der Waals surface area contributed by atoms with E-state index in [1.165, 1.54) is 7.11 Å². The van der Waals surface area contributed by atoms with Crippen molar-refractivity contribution in [2.45, 2.75) is 0 Å². The van der Waals surface area contributed by atoms with Crippen LogP contribution in [-0.4, -0.2) is 55.1 Å². The van der Waals surface area contributed by atoms with Crippen LogP contribution < -0.4 is 0 Å². The predicted octanol–water partition coefficient (Wildman–Crippen LogP) is 1.97. The van der Waals surface area contributed by atoms with Gasteiger partial charge >= 0.3 is 6.09 Å². The molecule has 1 aliphatic rings. The summed E-state index contributed by atoms with van der Waals surface area (Å²) < 4.78 is 5.54. The van der Waals surface area contributed by atoms with Gasteiger partial charge in [0.15, 0.2) is 0 Å². The lowest BCUT2D eigenvalue weighted by atomic mass is 10.2. The number of carbonyl (C=O) groups is 2. The highest BCUT2D eigenvalue weighted by Gasteiger charge is 2.25. The molecule has 1 heterocycles. The second-order valence-corrected chi connectivity index (χ2v) is 5.18. The Morgan fingerprint density at radius 2 is 1.79 bits per heavy atom. The van der Waals surface area contributed by atoms with Crippen LogP contribution in [0.4, 0.5) is 4.79 Å². The van der Waals surface area contributed by atoms with Crippen LogP contribution in [0.5, 0.6) is 0 Å². The second-order valence-electron chi connectivity index (χ2n) is 4.26. The topological polar surface area (TPSA) is 49.9 Å². The van der Waals surface area contributed by atoms with Crippen molar-refractivity contribution in [2.75, 3.05) is 33.3 Å². The molecule has 0 spiro atoms. The van der Waals surface area contributed by atoms with Crippen LogP contribution in [0, 0.1) is 0 Å². The zero-order valence-electron chi connectivity index (χ0n) is 10.6. The summed E-state index contributed by atoms with van der Waals surface area (Å²) in [5.41, 5.74) is 0.654. The third kappa shape index (κ3) is 3.26. The summed E-state index contributed by atoms with van der Waals surface area (Å²) in [6, 6.07) is 7.31. The van der Waals surface area contributed by atoms with Crippen LogP contribution in [0.2, 0.25) is 0 Å². The number of hydrogen-bond donors (Lipinski definition) is 0. The maximum absolute atomic E-state index is 12.3. The Morgan fingerprint density at radius 1 is 1.16 bits per heavy atom. The van der Waals surface area contributed by atoms with Crippen LogP contribution in [0.15, 0.2) is 28.7 Å². The third-order valence-electron chi connectivity index (χ3n) is 3.07.